The summed E-state index contributed by atoms with van der Waals surface area (Å²) in [6.45, 7) is 4.55. The van der Waals surface area contributed by atoms with E-state index in [2.05, 4.69) is 26.2 Å². The largest absolute Gasteiger partial charge is 0.370 e. The van der Waals surface area contributed by atoms with Crippen LogP contribution in [0.4, 0.5) is 11.4 Å². The zero-order valence-corrected chi connectivity index (χ0v) is 24.4. The first kappa shape index (κ1) is 29.6. The summed E-state index contributed by atoms with van der Waals surface area (Å²) in [6, 6.07) is 21.6. The van der Waals surface area contributed by atoms with Crippen molar-refractivity contribution in [1.29, 1.82) is 0 Å². The van der Waals surface area contributed by atoms with Gasteiger partial charge in [-0.1, -0.05) is 48.9 Å². The van der Waals surface area contributed by atoms with Gasteiger partial charge >= 0.3 is 0 Å². The van der Waals surface area contributed by atoms with Crippen molar-refractivity contribution in [2.24, 2.45) is 0 Å². The molecule has 1 fully saturated rings. The van der Waals surface area contributed by atoms with Gasteiger partial charge in [0.2, 0.25) is 11.8 Å². The molecule has 1 aliphatic rings. The van der Waals surface area contributed by atoms with E-state index < -0.39 is 23.3 Å². The topological polar surface area (TPSA) is 131 Å². The molecule has 0 saturated carbocycles. The monoisotopic (exact) mass is 599 g/mol. The lowest BCUT2D eigenvalue weighted by Gasteiger charge is -2.35. The number of hydrogen-bond acceptors (Lipinski definition) is 7. The van der Waals surface area contributed by atoms with Crippen LogP contribution in [0.25, 0.3) is 11.8 Å². The van der Waals surface area contributed by atoms with E-state index >= 15 is 0 Å². The number of ether oxygens (including phenoxy) is 1. The number of halogens is 1. The van der Waals surface area contributed by atoms with Crippen molar-refractivity contribution >= 4 is 46.8 Å². The Bertz CT molecular complexity index is 1630. The van der Waals surface area contributed by atoms with Crippen molar-refractivity contribution < 1.29 is 19.1 Å². The van der Waals surface area contributed by atoms with Gasteiger partial charge in [0.15, 0.2) is 0 Å². The maximum atomic E-state index is 13.9. The predicted octanol–water partition coefficient (Wildman–Crippen LogP) is 4.01. The number of aromatic nitrogens is 4. The van der Waals surface area contributed by atoms with Gasteiger partial charge in [0.1, 0.15) is 18.5 Å². The highest BCUT2D eigenvalue weighted by Crippen LogP contribution is 2.30. The Morgan fingerprint density at radius 1 is 1.09 bits per heavy atom. The summed E-state index contributed by atoms with van der Waals surface area (Å²) < 4.78 is 6.67. The van der Waals surface area contributed by atoms with Crippen LogP contribution in [0.1, 0.15) is 30.9 Å². The van der Waals surface area contributed by atoms with Crippen molar-refractivity contribution in [3.05, 3.63) is 101 Å². The molecule has 2 atom stereocenters. The fraction of sp³-hybridized carbons (Fsp3) is 0.226. The molecular formula is C31H30ClN7O4. The molecule has 1 unspecified atom stereocenters. The number of anilines is 2. The lowest BCUT2D eigenvalue weighted by Crippen LogP contribution is -2.57. The molecule has 0 aliphatic carbocycles. The first-order valence-electron chi connectivity index (χ1n) is 13.6. The van der Waals surface area contributed by atoms with Crippen molar-refractivity contribution in [3.63, 3.8) is 0 Å². The Kier molecular flexibility index (Phi) is 8.93. The number of amides is 3. The highest BCUT2D eigenvalue weighted by Gasteiger charge is 2.41. The van der Waals surface area contributed by atoms with Crippen LogP contribution in [-0.4, -0.2) is 63.2 Å². The van der Waals surface area contributed by atoms with E-state index in [-0.39, 0.29) is 12.5 Å². The summed E-state index contributed by atoms with van der Waals surface area (Å²) in [7, 11) is 0. The van der Waals surface area contributed by atoms with E-state index in [9.17, 15) is 14.4 Å². The summed E-state index contributed by atoms with van der Waals surface area (Å²) >= 11 is 6.22. The quantitative estimate of drug-likeness (QED) is 0.278. The lowest BCUT2D eigenvalue weighted by atomic mass is 9.80. The van der Waals surface area contributed by atoms with Crippen molar-refractivity contribution in [3.8, 4) is 5.69 Å². The van der Waals surface area contributed by atoms with Gasteiger partial charge in [0.05, 0.1) is 12.3 Å². The molecule has 0 radical (unpaired) electrons. The van der Waals surface area contributed by atoms with Crippen LogP contribution in [0.15, 0.2) is 85.2 Å². The van der Waals surface area contributed by atoms with E-state index in [0.717, 1.165) is 5.56 Å². The minimum Gasteiger partial charge on any atom is -0.370 e. The van der Waals surface area contributed by atoms with E-state index in [4.69, 9.17) is 16.3 Å². The van der Waals surface area contributed by atoms with Gasteiger partial charge in [-0.3, -0.25) is 14.4 Å². The number of tetrazole rings is 1. The maximum Gasteiger partial charge on any atom is 0.253 e. The maximum absolute atomic E-state index is 13.9. The van der Waals surface area contributed by atoms with E-state index in [1.165, 1.54) is 17.1 Å². The third-order valence-corrected chi connectivity index (χ3v) is 7.68. The molecule has 1 saturated heterocycles. The standard InChI is InChI=1S/C31H30ClN7O4/c1-21(22-6-4-3-5-7-22)31(2,30(42)34-25-10-12-26(13-11-25)38-16-17-43-19-29(38)41)35-28(40)15-8-23-18-24(32)9-14-27(23)39-20-33-36-37-39/h3-15,18,20-21H,16-17,19H2,1-2H3,(H,34,42)(H,35,40)/b15-8+/t21-,31?/m0/s1. The van der Waals surface area contributed by atoms with Gasteiger partial charge in [-0.05, 0) is 71.5 Å². The number of carbonyl (C=O) groups is 3. The Hall–Kier alpha value is -4.87. The molecule has 0 bridgehead atoms. The van der Waals surface area contributed by atoms with Crippen LogP contribution in [0.2, 0.25) is 5.02 Å². The number of rotatable bonds is 9. The molecule has 5 rings (SSSR count). The lowest BCUT2D eigenvalue weighted by molar-refractivity contribution is -0.128. The van der Waals surface area contributed by atoms with Crippen LogP contribution in [-0.2, 0) is 19.1 Å². The average Bonchev–Trinajstić information content (AvgIpc) is 3.56. The first-order chi connectivity index (χ1) is 20.7. The third-order valence-electron chi connectivity index (χ3n) is 7.44. The van der Waals surface area contributed by atoms with Crippen LogP contribution >= 0.6 is 11.6 Å². The summed E-state index contributed by atoms with van der Waals surface area (Å²) in [4.78, 5) is 41.1. The normalized spacial score (nSPS) is 15.6. The average molecular weight is 600 g/mol. The highest BCUT2D eigenvalue weighted by molar-refractivity contribution is 6.30. The van der Waals surface area contributed by atoms with E-state index in [0.29, 0.717) is 40.8 Å². The van der Waals surface area contributed by atoms with Gasteiger partial charge < -0.3 is 20.3 Å². The van der Waals surface area contributed by atoms with E-state index in [1.807, 2.05) is 37.3 Å². The molecule has 2 N–H and O–H groups in total. The van der Waals surface area contributed by atoms with Gasteiger partial charge in [0.25, 0.3) is 5.91 Å². The molecule has 11 nitrogen and oxygen atoms in total. The van der Waals surface area contributed by atoms with E-state index in [1.54, 1.807) is 60.4 Å². The molecule has 4 aromatic rings. The minimum absolute atomic E-state index is 0.0403. The third kappa shape index (κ3) is 6.79. The Morgan fingerprint density at radius 3 is 2.56 bits per heavy atom. The number of morpholine rings is 1. The fourth-order valence-corrected chi connectivity index (χ4v) is 5.00. The van der Waals surface area contributed by atoms with Gasteiger partial charge in [-0.2, -0.15) is 4.68 Å². The van der Waals surface area contributed by atoms with Crippen LogP contribution in [0.5, 0.6) is 0 Å². The summed E-state index contributed by atoms with van der Waals surface area (Å²) in [5.41, 5.74) is 1.99. The first-order valence-corrected chi connectivity index (χ1v) is 14.0. The SMILES string of the molecule is C[C@@H](c1ccccc1)C(C)(NC(=O)/C=C/c1cc(Cl)ccc1-n1cnnn1)C(=O)Nc1ccc(N2CCOCC2=O)cc1. The highest BCUT2D eigenvalue weighted by atomic mass is 35.5. The molecule has 1 aliphatic heterocycles. The summed E-state index contributed by atoms with van der Waals surface area (Å²) in [6.07, 6.45) is 4.38. The number of benzene rings is 3. The summed E-state index contributed by atoms with van der Waals surface area (Å²) in [5.74, 6) is -1.41. The summed E-state index contributed by atoms with van der Waals surface area (Å²) in [5, 5.41) is 17.6. The predicted molar refractivity (Wildman–Crippen MR) is 163 cm³/mol. The second kappa shape index (κ2) is 13.0. The zero-order chi connectivity index (χ0) is 30.4. The zero-order valence-electron chi connectivity index (χ0n) is 23.6. The molecule has 3 aromatic carbocycles. The van der Waals surface area contributed by atoms with Crippen LogP contribution in [0, 0.1) is 0 Å². The van der Waals surface area contributed by atoms with Crippen molar-refractivity contribution in [1.82, 2.24) is 25.5 Å². The molecule has 220 valence electrons. The van der Waals surface area contributed by atoms with Crippen LogP contribution < -0.4 is 15.5 Å². The molecule has 2 heterocycles. The Labute approximate surface area is 253 Å². The number of nitrogens with zero attached hydrogens (tertiary/aromatic N) is 5. The fourth-order valence-electron chi connectivity index (χ4n) is 4.82. The second-order valence-corrected chi connectivity index (χ2v) is 10.7. The molecule has 43 heavy (non-hydrogen) atoms. The molecule has 1 aromatic heterocycles. The van der Waals surface area contributed by atoms with Gasteiger partial charge in [0, 0.05) is 40.5 Å². The Balaban J connectivity index is 1.38. The van der Waals surface area contributed by atoms with Crippen molar-refractivity contribution in [2.75, 3.05) is 30.0 Å². The smallest absolute Gasteiger partial charge is 0.253 e. The number of hydrogen-bond donors (Lipinski definition) is 2. The van der Waals surface area contributed by atoms with Gasteiger partial charge in [-0.25, -0.2) is 0 Å². The number of carbonyl (C=O) groups excluding carboxylic acids is 3. The molecule has 0 spiro atoms. The van der Waals surface area contributed by atoms with Crippen LogP contribution in [0.3, 0.4) is 0 Å². The Morgan fingerprint density at radius 2 is 1.86 bits per heavy atom. The number of nitrogens with one attached hydrogen (secondary N) is 2. The van der Waals surface area contributed by atoms with Gasteiger partial charge in [-0.15, -0.1) is 5.10 Å². The minimum atomic E-state index is -1.35. The molecular weight excluding hydrogens is 570 g/mol. The second-order valence-electron chi connectivity index (χ2n) is 10.2. The van der Waals surface area contributed by atoms with Crippen molar-refractivity contribution in [2.45, 2.75) is 25.3 Å². The molecule has 3 amide bonds. The molecule has 12 heteroatoms.